The van der Waals surface area contributed by atoms with Crippen LogP contribution in [-0.2, 0) is 4.79 Å². The van der Waals surface area contributed by atoms with Crippen LogP contribution in [0.1, 0.15) is 26.3 Å². The first-order valence-electron chi connectivity index (χ1n) is 4.92. The third kappa shape index (κ3) is 3.58. The van der Waals surface area contributed by atoms with E-state index in [1.54, 1.807) is 6.08 Å². The molecule has 1 rings (SSSR count). The molecule has 0 aliphatic rings. The third-order valence-electron chi connectivity index (χ3n) is 1.89. The summed E-state index contributed by atoms with van der Waals surface area (Å²) in [6.07, 6.45) is 1.78. The lowest BCUT2D eigenvalue weighted by Gasteiger charge is -2.14. The van der Waals surface area contributed by atoms with Gasteiger partial charge >= 0.3 is 5.97 Å². The topological polar surface area (TPSA) is 37.3 Å². The minimum atomic E-state index is -0.879. The Morgan fingerprint density at radius 2 is 1.73 bits per heavy atom. The van der Waals surface area contributed by atoms with Crippen molar-refractivity contribution < 1.29 is 9.90 Å². The summed E-state index contributed by atoms with van der Waals surface area (Å²) in [5.74, 6) is -0.879. The van der Waals surface area contributed by atoms with Crippen molar-refractivity contribution in [3.63, 3.8) is 0 Å². The summed E-state index contributed by atoms with van der Waals surface area (Å²) >= 11 is 0. The highest BCUT2D eigenvalue weighted by Gasteiger charge is 2.15. The van der Waals surface area contributed by atoms with Gasteiger partial charge in [-0.15, -0.1) is 0 Å². The molecule has 80 valence electrons. The van der Waals surface area contributed by atoms with E-state index >= 15 is 0 Å². The molecule has 2 nitrogen and oxygen atoms in total. The van der Waals surface area contributed by atoms with Crippen LogP contribution < -0.4 is 0 Å². The van der Waals surface area contributed by atoms with E-state index in [0.29, 0.717) is 5.57 Å². The van der Waals surface area contributed by atoms with E-state index in [1.165, 1.54) is 0 Å². The minimum absolute atomic E-state index is 0.135. The van der Waals surface area contributed by atoms with Gasteiger partial charge in [0, 0.05) is 0 Å². The molecule has 2 heteroatoms. The second-order valence-corrected chi connectivity index (χ2v) is 4.60. The third-order valence-corrected chi connectivity index (χ3v) is 1.89. The largest absolute Gasteiger partial charge is 0.478 e. The lowest BCUT2D eigenvalue weighted by molar-refractivity contribution is -0.130. The van der Waals surface area contributed by atoms with E-state index in [4.69, 9.17) is 5.11 Å². The Balaban J connectivity index is 3.16. The molecule has 0 spiro atoms. The molecule has 0 aromatic heterocycles. The molecule has 0 bridgehead atoms. The number of hydrogen-bond acceptors (Lipinski definition) is 1. The maximum absolute atomic E-state index is 11.1. The standard InChI is InChI=1S/C13H16O2/c1-13(2,3)9-11(12(14)15)10-7-5-4-6-8-10/h4-9H,1-3H3,(H,14,15). The van der Waals surface area contributed by atoms with Crippen LogP contribution in [0.4, 0.5) is 0 Å². The number of carboxylic acids is 1. The fourth-order valence-corrected chi connectivity index (χ4v) is 1.32. The molecule has 1 aromatic rings. The molecule has 1 aromatic carbocycles. The van der Waals surface area contributed by atoms with Crippen molar-refractivity contribution in [2.75, 3.05) is 0 Å². The number of hydrogen-bond donors (Lipinski definition) is 1. The molecular formula is C13H16O2. The first-order valence-corrected chi connectivity index (χ1v) is 4.92. The molecule has 0 aliphatic carbocycles. The SMILES string of the molecule is CC(C)(C)C=C(C(=O)O)c1ccccc1. The highest BCUT2D eigenvalue weighted by Crippen LogP contribution is 2.23. The van der Waals surface area contributed by atoms with Gasteiger partial charge in [0.2, 0.25) is 0 Å². The van der Waals surface area contributed by atoms with Gasteiger partial charge in [-0.3, -0.25) is 0 Å². The Morgan fingerprint density at radius 3 is 2.13 bits per heavy atom. The van der Waals surface area contributed by atoms with Gasteiger partial charge in [0.05, 0.1) is 5.57 Å². The van der Waals surface area contributed by atoms with Crippen molar-refractivity contribution in [1.29, 1.82) is 0 Å². The Bertz CT molecular complexity index is 369. The Morgan fingerprint density at radius 1 is 1.20 bits per heavy atom. The van der Waals surface area contributed by atoms with Crippen LogP contribution in [0.3, 0.4) is 0 Å². The maximum Gasteiger partial charge on any atom is 0.335 e. The summed E-state index contributed by atoms with van der Waals surface area (Å²) in [7, 11) is 0. The summed E-state index contributed by atoms with van der Waals surface area (Å²) in [5, 5.41) is 9.12. The molecule has 0 radical (unpaired) electrons. The molecule has 0 saturated heterocycles. The van der Waals surface area contributed by atoms with Gasteiger partial charge in [0.25, 0.3) is 0 Å². The zero-order valence-electron chi connectivity index (χ0n) is 9.32. The zero-order chi connectivity index (χ0) is 11.5. The van der Waals surface area contributed by atoms with Crippen LogP contribution in [0, 0.1) is 5.41 Å². The molecule has 0 atom stereocenters. The van der Waals surface area contributed by atoms with Crippen LogP contribution in [0.2, 0.25) is 0 Å². The zero-order valence-corrected chi connectivity index (χ0v) is 9.32. The molecule has 0 fully saturated rings. The van der Waals surface area contributed by atoms with Crippen LogP contribution in [-0.4, -0.2) is 11.1 Å². The lowest BCUT2D eigenvalue weighted by atomic mass is 9.91. The average Bonchev–Trinajstić information content (AvgIpc) is 2.14. The number of allylic oxidation sites excluding steroid dienone is 1. The highest BCUT2D eigenvalue weighted by molar-refractivity contribution is 6.15. The van der Waals surface area contributed by atoms with Crippen LogP contribution in [0.25, 0.3) is 5.57 Å². The normalized spacial score (nSPS) is 12.6. The van der Waals surface area contributed by atoms with Crippen LogP contribution in [0.5, 0.6) is 0 Å². The molecule has 0 amide bonds. The van der Waals surface area contributed by atoms with E-state index in [2.05, 4.69) is 0 Å². The van der Waals surface area contributed by atoms with E-state index in [1.807, 2.05) is 51.1 Å². The molecule has 0 heterocycles. The summed E-state index contributed by atoms with van der Waals surface area (Å²) in [6.45, 7) is 5.96. The van der Waals surface area contributed by atoms with Gasteiger partial charge in [-0.1, -0.05) is 57.2 Å². The van der Waals surface area contributed by atoms with Crippen LogP contribution >= 0.6 is 0 Å². The first-order chi connectivity index (χ1) is 6.90. The Labute approximate surface area is 90.3 Å². The number of rotatable bonds is 2. The molecular weight excluding hydrogens is 188 g/mol. The molecule has 15 heavy (non-hydrogen) atoms. The predicted molar refractivity (Wildman–Crippen MR) is 61.5 cm³/mol. The summed E-state index contributed by atoms with van der Waals surface area (Å²) in [4.78, 5) is 11.1. The monoisotopic (exact) mass is 204 g/mol. The number of carbonyl (C=O) groups is 1. The predicted octanol–water partition coefficient (Wildman–Crippen LogP) is 3.20. The quantitative estimate of drug-likeness (QED) is 0.751. The van der Waals surface area contributed by atoms with E-state index in [9.17, 15) is 4.79 Å². The van der Waals surface area contributed by atoms with Gasteiger partial charge in [-0.05, 0) is 11.0 Å². The average molecular weight is 204 g/mol. The Hall–Kier alpha value is -1.57. The van der Waals surface area contributed by atoms with Crippen LogP contribution in [0.15, 0.2) is 36.4 Å². The summed E-state index contributed by atoms with van der Waals surface area (Å²) in [5.41, 5.74) is 0.979. The fraction of sp³-hybridized carbons (Fsp3) is 0.308. The Kier molecular flexibility index (Phi) is 3.30. The van der Waals surface area contributed by atoms with Gasteiger partial charge in [0.1, 0.15) is 0 Å². The van der Waals surface area contributed by atoms with Crippen molar-refractivity contribution in [2.24, 2.45) is 5.41 Å². The van der Waals surface area contributed by atoms with E-state index in [0.717, 1.165) is 5.56 Å². The smallest absolute Gasteiger partial charge is 0.335 e. The summed E-state index contributed by atoms with van der Waals surface area (Å²) < 4.78 is 0. The molecule has 0 unspecified atom stereocenters. The van der Waals surface area contributed by atoms with Crippen molar-refractivity contribution >= 4 is 11.5 Å². The second kappa shape index (κ2) is 4.30. The highest BCUT2D eigenvalue weighted by atomic mass is 16.4. The van der Waals surface area contributed by atoms with Crippen molar-refractivity contribution in [1.82, 2.24) is 0 Å². The van der Waals surface area contributed by atoms with Gasteiger partial charge < -0.3 is 5.11 Å². The lowest BCUT2D eigenvalue weighted by Crippen LogP contribution is -2.07. The number of aliphatic carboxylic acids is 1. The molecule has 0 aliphatic heterocycles. The van der Waals surface area contributed by atoms with Crippen molar-refractivity contribution in [3.05, 3.63) is 42.0 Å². The van der Waals surface area contributed by atoms with Gasteiger partial charge in [-0.25, -0.2) is 4.79 Å². The van der Waals surface area contributed by atoms with Gasteiger partial charge in [-0.2, -0.15) is 0 Å². The maximum atomic E-state index is 11.1. The number of benzene rings is 1. The van der Waals surface area contributed by atoms with Crippen molar-refractivity contribution in [3.8, 4) is 0 Å². The first kappa shape index (κ1) is 11.5. The van der Waals surface area contributed by atoms with Gasteiger partial charge in [0.15, 0.2) is 0 Å². The van der Waals surface area contributed by atoms with Crippen molar-refractivity contribution in [2.45, 2.75) is 20.8 Å². The second-order valence-electron chi connectivity index (χ2n) is 4.60. The minimum Gasteiger partial charge on any atom is -0.478 e. The number of carboxylic acid groups (broad SMARTS) is 1. The fourth-order valence-electron chi connectivity index (χ4n) is 1.32. The molecule has 0 saturated carbocycles. The summed E-state index contributed by atoms with van der Waals surface area (Å²) in [6, 6.07) is 9.18. The van der Waals surface area contributed by atoms with E-state index < -0.39 is 5.97 Å². The van der Waals surface area contributed by atoms with E-state index in [-0.39, 0.29) is 5.41 Å². The molecule has 1 N–H and O–H groups in total.